The first-order valence-corrected chi connectivity index (χ1v) is 3.13. The number of hydrogen-bond acceptors (Lipinski definition) is 1. The van der Waals surface area contributed by atoms with Crippen LogP contribution in [-0.2, 0) is 6.18 Å². The van der Waals surface area contributed by atoms with Gasteiger partial charge in [-0.25, -0.2) is 11.3 Å². The van der Waals surface area contributed by atoms with E-state index in [-0.39, 0.29) is 5.69 Å². The molecular weight excluding hydrogens is 169 g/mol. The zero-order chi connectivity index (χ0) is 9.19. The molecule has 1 rings (SSSR count). The Morgan fingerprint density at radius 2 is 1.75 bits per heavy atom. The summed E-state index contributed by atoms with van der Waals surface area (Å²) in [6.45, 7) is 0. The molecule has 0 saturated heterocycles. The van der Waals surface area contributed by atoms with E-state index >= 15 is 0 Å². The molecule has 0 heterocycles. The SMILES string of the molecule is N[N]c1ccccc1C(F)(F)F. The maximum Gasteiger partial charge on any atom is 0.418 e. The molecule has 0 unspecified atom stereocenters. The lowest BCUT2D eigenvalue weighted by atomic mass is 10.2. The molecule has 0 aliphatic rings. The van der Waals surface area contributed by atoms with Crippen LogP contribution in [0.15, 0.2) is 24.3 Å². The van der Waals surface area contributed by atoms with Crippen LogP contribution in [0.4, 0.5) is 18.9 Å². The number of alkyl halides is 3. The molecule has 0 aliphatic heterocycles. The Morgan fingerprint density at radius 3 is 2.17 bits per heavy atom. The van der Waals surface area contributed by atoms with Crippen molar-refractivity contribution in [3.8, 4) is 0 Å². The van der Waals surface area contributed by atoms with Gasteiger partial charge in [0, 0.05) is 0 Å². The average Bonchev–Trinajstić information content (AvgIpc) is 2.03. The van der Waals surface area contributed by atoms with Crippen molar-refractivity contribution in [1.29, 1.82) is 0 Å². The van der Waals surface area contributed by atoms with Crippen LogP contribution in [0.3, 0.4) is 0 Å². The van der Waals surface area contributed by atoms with Crippen LogP contribution in [0.25, 0.3) is 0 Å². The fourth-order valence-corrected chi connectivity index (χ4v) is 0.826. The number of halogens is 3. The zero-order valence-electron chi connectivity index (χ0n) is 5.97. The maximum absolute atomic E-state index is 12.1. The van der Waals surface area contributed by atoms with Crippen LogP contribution in [0.2, 0.25) is 0 Å². The van der Waals surface area contributed by atoms with E-state index in [4.69, 9.17) is 5.84 Å². The zero-order valence-corrected chi connectivity index (χ0v) is 5.97. The number of nitrogens with zero attached hydrogens (tertiary/aromatic N) is 1. The molecule has 1 radical (unpaired) electrons. The highest BCUT2D eigenvalue weighted by Crippen LogP contribution is 2.33. The Labute approximate surface area is 67.2 Å². The summed E-state index contributed by atoms with van der Waals surface area (Å²) >= 11 is 0. The van der Waals surface area contributed by atoms with E-state index in [1.807, 2.05) is 0 Å². The smallest absolute Gasteiger partial charge is 0.227 e. The van der Waals surface area contributed by atoms with Crippen LogP contribution in [-0.4, -0.2) is 0 Å². The van der Waals surface area contributed by atoms with Gasteiger partial charge in [-0.2, -0.15) is 13.2 Å². The summed E-state index contributed by atoms with van der Waals surface area (Å²) in [4.78, 5) is 0. The highest BCUT2D eigenvalue weighted by Gasteiger charge is 2.33. The van der Waals surface area contributed by atoms with E-state index < -0.39 is 11.7 Å². The lowest BCUT2D eigenvalue weighted by Gasteiger charge is -2.09. The van der Waals surface area contributed by atoms with E-state index in [1.165, 1.54) is 18.2 Å². The quantitative estimate of drug-likeness (QED) is 0.513. The van der Waals surface area contributed by atoms with E-state index in [1.54, 1.807) is 0 Å². The minimum atomic E-state index is -4.39. The standard InChI is InChI=1S/C7H6F3N2/c8-7(9,10)5-3-1-2-4-6(5)12-11/h1-4H,11H2. The first kappa shape index (κ1) is 8.86. The summed E-state index contributed by atoms with van der Waals surface area (Å²) in [6, 6.07) is 4.88. The highest BCUT2D eigenvalue weighted by molar-refractivity contribution is 5.45. The molecule has 5 heteroatoms. The lowest BCUT2D eigenvalue weighted by Crippen LogP contribution is -2.13. The molecule has 65 valence electrons. The molecule has 0 amide bonds. The predicted molar refractivity (Wildman–Crippen MR) is 37.4 cm³/mol. The molecule has 0 aromatic heterocycles. The van der Waals surface area contributed by atoms with Gasteiger partial charge >= 0.3 is 6.18 Å². The third-order valence-corrected chi connectivity index (χ3v) is 1.35. The predicted octanol–water partition coefficient (Wildman–Crippen LogP) is 1.81. The molecule has 0 atom stereocenters. The normalized spacial score (nSPS) is 11.3. The van der Waals surface area contributed by atoms with Crippen LogP contribution in [0, 0.1) is 0 Å². The average molecular weight is 175 g/mol. The number of benzene rings is 1. The Kier molecular flexibility index (Phi) is 2.23. The van der Waals surface area contributed by atoms with Gasteiger partial charge in [-0.15, -0.1) is 0 Å². The molecule has 0 spiro atoms. The molecule has 12 heavy (non-hydrogen) atoms. The summed E-state index contributed by atoms with van der Waals surface area (Å²) in [5.41, 5.74) is 1.96. The molecule has 0 saturated carbocycles. The fraction of sp³-hybridized carbons (Fsp3) is 0.143. The summed E-state index contributed by atoms with van der Waals surface area (Å²) in [5.74, 6) is 4.77. The molecule has 0 aliphatic carbocycles. The van der Waals surface area contributed by atoms with Crippen molar-refractivity contribution in [2.24, 2.45) is 5.84 Å². The van der Waals surface area contributed by atoms with Crippen molar-refractivity contribution in [2.45, 2.75) is 6.18 Å². The summed E-state index contributed by atoms with van der Waals surface area (Å²) in [5, 5.41) is 0. The van der Waals surface area contributed by atoms with Crippen molar-refractivity contribution < 1.29 is 13.2 Å². The Balaban J connectivity index is 3.14. The molecule has 1 aromatic carbocycles. The van der Waals surface area contributed by atoms with E-state index in [2.05, 4.69) is 5.43 Å². The van der Waals surface area contributed by atoms with E-state index in [0.717, 1.165) is 6.07 Å². The summed E-state index contributed by atoms with van der Waals surface area (Å²) in [7, 11) is 0. The number of hydrogen-bond donors (Lipinski definition) is 1. The van der Waals surface area contributed by atoms with E-state index in [9.17, 15) is 13.2 Å². The Morgan fingerprint density at radius 1 is 1.17 bits per heavy atom. The fourth-order valence-electron chi connectivity index (χ4n) is 0.826. The largest absolute Gasteiger partial charge is 0.418 e. The van der Waals surface area contributed by atoms with Gasteiger partial charge in [0.15, 0.2) is 0 Å². The minimum Gasteiger partial charge on any atom is -0.227 e. The van der Waals surface area contributed by atoms with Gasteiger partial charge in [-0.1, -0.05) is 12.1 Å². The van der Waals surface area contributed by atoms with Gasteiger partial charge in [0.05, 0.1) is 11.3 Å². The molecule has 2 nitrogen and oxygen atoms in total. The van der Waals surface area contributed by atoms with Gasteiger partial charge in [0.2, 0.25) is 0 Å². The molecule has 1 aromatic rings. The summed E-state index contributed by atoms with van der Waals surface area (Å²) in [6.07, 6.45) is -4.39. The van der Waals surface area contributed by atoms with Crippen LogP contribution >= 0.6 is 0 Å². The second-order valence-corrected chi connectivity index (χ2v) is 2.14. The van der Waals surface area contributed by atoms with Crippen molar-refractivity contribution in [3.63, 3.8) is 0 Å². The number of nitrogens with two attached hydrogens (primary N) is 1. The van der Waals surface area contributed by atoms with Gasteiger partial charge in [-0.05, 0) is 12.1 Å². The van der Waals surface area contributed by atoms with Gasteiger partial charge in [0.25, 0.3) is 0 Å². The summed E-state index contributed by atoms with van der Waals surface area (Å²) < 4.78 is 36.4. The monoisotopic (exact) mass is 175 g/mol. The third-order valence-electron chi connectivity index (χ3n) is 1.35. The van der Waals surface area contributed by atoms with Gasteiger partial charge < -0.3 is 0 Å². The Bertz CT molecular complexity index is 270. The highest BCUT2D eigenvalue weighted by atomic mass is 19.4. The molecule has 0 fully saturated rings. The van der Waals surface area contributed by atoms with Crippen molar-refractivity contribution in [3.05, 3.63) is 29.8 Å². The van der Waals surface area contributed by atoms with Crippen molar-refractivity contribution in [1.82, 2.24) is 5.43 Å². The molecular formula is C7H6F3N2. The minimum absolute atomic E-state index is 0.245. The Hall–Kier alpha value is -1.23. The van der Waals surface area contributed by atoms with Gasteiger partial charge in [-0.3, -0.25) is 0 Å². The van der Waals surface area contributed by atoms with Crippen LogP contribution < -0.4 is 11.3 Å². The van der Waals surface area contributed by atoms with Crippen molar-refractivity contribution >= 4 is 5.69 Å². The van der Waals surface area contributed by atoms with Crippen LogP contribution in [0.1, 0.15) is 5.56 Å². The molecule has 0 bridgehead atoms. The van der Waals surface area contributed by atoms with Crippen molar-refractivity contribution in [2.75, 3.05) is 0 Å². The topological polar surface area (TPSA) is 40.1 Å². The maximum atomic E-state index is 12.1. The first-order chi connectivity index (χ1) is 5.55. The molecule has 2 N–H and O–H groups in total. The second-order valence-electron chi connectivity index (χ2n) is 2.14. The van der Waals surface area contributed by atoms with Gasteiger partial charge in [0.1, 0.15) is 0 Å². The van der Waals surface area contributed by atoms with E-state index in [0.29, 0.717) is 0 Å². The third kappa shape index (κ3) is 1.68. The number of rotatable bonds is 1. The van der Waals surface area contributed by atoms with Crippen LogP contribution in [0.5, 0.6) is 0 Å². The lowest BCUT2D eigenvalue weighted by molar-refractivity contribution is -0.137. The second kappa shape index (κ2) is 3.02. The first-order valence-electron chi connectivity index (χ1n) is 3.13.